The molecule has 0 saturated heterocycles. The molecule has 0 amide bonds. The molecule has 1 aromatic heterocycles. The Morgan fingerprint density at radius 1 is 0.676 bits per heavy atom. The van der Waals surface area contributed by atoms with E-state index in [2.05, 4.69) is 53.5 Å². The summed E-state index contributed by atoms with van der Waals surface area (Å²) >= 11 is 1.24. The second-order valence-corrected chi connectivity index (χ2v) is 10.2. The van der Waals surface area contributed by atoms with E-state index >= 15 is 0 Å². The van der Waals surface area contributed by atoms with Gasteiger partial charge >= 0.3 is 0 Å². The van der Waals surface area contributed by atoms with Crippen LogP contribution >= 0.6 is 11.7 Å². The smallest absolute Gasteiger partial charge is 0.126 e. The predicted octanol–water partition coefficient (Wildman–Crippen LogP) is 9.98. The third-order valence-corrected chi connectivity index (χ3v) is 7.17. The Bertz CT molecular complexity index is 1110. The average Bonchev–Trinajstić information content (AvgIpc) is 3.42. The highest BCUT2D eigenvalue weighted by molar-refractivity contribution is 7.00. The Hall–Kier alpha value is -2.66. The van der Waals surface area contributed by atoms with Crippen molar-refractivity contribution in [1.29, 1.82) is 0 Å². The lowest BCUT2D eigenvalue weighted by molar-refractivity contribution is 0.296. The highest BCUT2D eigenvalue weighted by atomic mass is 32.1. The molecule has 0 aliphatic heterocycles. The molecule has 37 heavy (non-hydrogen) atoms. The maximum Gasteiger partial charge on any atom is 0.126 e. The molecule has 0 atom stereocenters. The van der Waals surface area contributed by atoms with Gasteiger partial charge in [-0.3, -0.25) is 0 Å². The van der Waals surface area contributed by atoms with Crippen LogP contribution in [0.5, 0.6) is 11.5 Å². The Kier molecular flexibility index (Phi) is 13.3. The third-order valence-electron chi connectivity index (χ3n) is 6.64. The van der Waals surface area contributed by atoms with E-state index < -0.39 is 0 Å². The zero-order chi connectivity index (χ0) is 26.1. The SMILES string of the molecule is C=Cc1ccc(/C=C\c2cc(OCCCCCCCC)ccc2OCCCCCCCC)c2nsnc12. The normalized spacial score (nSPS) is 11.4. The van der Waals surface area contributed by atoms with Crippen LogP contribution in [0.3, 0.4) is 0 Å². The zero-order valence-electron chi connectivity index (χ0n) is 22.8. The quantitative estimate of drug-likeness (QED) is 0.116. The summed E-state index contributed by atoms with van der Waals surface area (Å²) in [5.41, 5.74) is 4.88. The molecule has 5 heteroatoms. The Labute approximate surface area is 228 Å². The number of benzene rings is 2. The van der Waals surface area contributed by atoms with Crippen molar-refractivity contribution < 1.29 is 9.47 Å². The predicted molar refractivity (Wildman–Crippen MR) is 161 cm³/mol. The number of hydrogen-bond acceptors (Lipinski definition) is 5. The first-order valence-electron chi connectivity index (χ1n) is 14.2. The number of nitrogens with zero attached hydrogens (tertiary/aromatic N) is 2. The minimum Gasteiger partial charge on any atom is -0.494 e. The van der Waals surface area contributed by atoms with Gasteiger partial charge in [-0.25, -0.2) is 0 Å². The summed E-state index contributed by atoms with van der Waals surface area (Å²) in [6.07, 6.45) is 21.1. The first-order chi connectivity index (χ1) is 18.3. The molecular weight excluding hydrogens is 476 g/mol. The molecule has 0 spiro atoms. The van der Waals surface area contributed by atoms with Gasteiger partial charge in [0.25, 0.3) is 0 Å². The Morgan fingerprint density at radius 3 is 1.92 bits per heavy atom. The molecule has 0 N–H and O–H groups in total. The molecule has 0 aliphatic carbocycles. The van der Waals surface area contributed by atoms with Crippen LogP contribution in [0.15, 0.2) is 36.9 Å². The summed E-state index contributed by atoms with van der Waals surface area (Å²) in [5.74, 6) is 1.79. The van der Waals surface area contributed by atoms with Gasteiger partial charge in [-0.15, -0.1) is 0 Å². The van der Waals surface area contributed by atoms with Crippen LogP contribution < -0.4 is 9.47 Å². The van der Waals surface area contributed by atoms with Gasteiger partial charge in [0.2, 0.25) is 0 Å². The van der Waals surface area contributed by atoms with Gasteiger partial charge in [0, 0.05) is 16.7 Å². The molecule has 3 aromatic rings. The highest BCUT2D eigenvalue weighted by Gasteiger charge is 2.09. The van der Waals surface area contributed by atoms with Crippen molar-refractivity contribution in [2.24, 2.45) is 0 Å². The highest BCUT2D eigenvalue weighted by Crippen LogP contribution is 2.29. The number of fused-ring (bicyclic) bond motifs is 1. The van der Waals surface area contributed by atoms with Crippen LogP contribution in [0.2, 0.25) is 0 Å². The fraction of sp³-hybridized carbons (Fsp3) is 0.500. The van der Waals surface area contributed by atoms with Crippen LogP contribution in [0.25, 0.3) is 29.3 Å². The van der Waals surface area contributed by atoms with Gasteiger partial charge in [-0.05, 0) is 31.0 Å². The van der Waals surface area contributed by atoms with E-state index in [1.54, 1.807) is 0 Å². The minimum absolute atomic E-state index is 0.735. The fourth-order valence-electron chi connectivity index (χ4n) is 4.40. The van der Waals surface area contributed by atoms with E-state index in [4.69, 9.17) is 9.47 Å². The molecule has 3 rings (SSSR count). The lowest BCUT2D eigenvalue weighted by Gasteiger charge is -2.12. The summed E-state index contributed by atoms with van der Waals surface area (Å²) in [5, 5.41) is 0. The van der Waals surface area contributed by atoms with E-state index in [9.17, 15) is 0 Å². The van der Waals surface area contributed by atoms with Crippen LogP contribution in [0.4, 0.5) is 0 Å². The molecule has 0 unspecified atom stereocenters. The molecule has 0 fully saturated rings. The lowest BCUT2D eigenvalue weighted by atomic mass is 10.1. The summed E-state index contributed by atoms with van der Waals surface area (Å²) in [6.45, 7) is 9.89. The molecular formula is C32H44N2O2S. The lowest BCUT2D eigenvalue weighted by Crippen LogP contribution is -2.01. The van der Waals surface area contributed by atoms with Crippen molar-refractivity contribution in [1.82, 2.24) is 8.75 Å². The fourth-order valence-corrected chi connectivity index (χ4v) is 4.99. The van der Waals surface area contributed by atoms with E-state index in [0.717, 1.165) is 65.3 Å². The van der Waals surface area contributed by atoms with Crippen LogP contribution in [0.1, 0.15) is 108 Å². The molecule has 0 saturated carbocycles. The van der Waals surface area contributed by atoms with Crippen molar-refractivity contribution in [3.63, 3.8) is 0 Å². The number of ether oxygens (including phenoxy) is 2. The first-order valence-corrected chi connectivity index (χ1v) is 14.9. The maximum absolute atomic E-state index is 6.23. The minimum atomic E-state index is 0.735. The average molecular weight is 521 g/mol. The van der Waals surface area contributed by atoms with Crippen LogP contribution in [-0.2, 0) is 0 Å². The summed E-state index contributed by atoms with van der Waals surface area (Å²) in [6, 6.07) is 10.3. The third kappa shape index (κ3) is 9.62. The molecule has 1 heterocycles. The van der Waals surface area contributed by atoms with Crippen molar-refractivity contribution in [3.8, 4) is 11.5 Å². The maximum atomic E-state index is 6.23. The molecule has 200 valence electrons. The van der Waals surface area contributed by atoms with Gasteiger partial charge in [-0.2, -0.15) is 8.75 Å². The summed E-state index contributed by atoms with van der Waals surface area (Å²) in [4.78, 5) is 0. The second kappa shape index (κ2) is 17.0. The molecule has 4 nitrogen and oxygen atoms in total. The number of aromatic nitrogens is 2. The topological polar surface area (TPSA) is 44.2 Å². The van der Waals surface area contributed by atoms with Gasteiger partial charge in [0.1, 0.15) is 22.5 Å². The van der Waals surface area contributed by atoms with E-state index in [0.29, 0.717) is 0 Å². The van der Waals surface area contributed by atoms with Gasteiger partial charge < -0.3 is 9.47 Å². The Morgan fingerprint density at radius 2 is 1.24 bits per heavy atom. The molecule has 0 radical (unpaired) electrons. The van der Waals surface area contributed by atoms with Gasteiger partial charge in [0.15, 0.2) is 0 Å². The van der Waals surface area contributed by atoms with Crippen molar-refractivity contribution in [2.75, 3.05) is 13.2 Å². The van der Waals surface area contributed by atoms with Crippen molar-refractivity contribution in [3.05, 3.63) is 53.6 Å². The van der Waals surface area contributed by atoms with Gasteiger partial charge in [-0.1, -0.05) is 115 Å². The number of rotatable bonds is 19. The van der Waals surface area contributed by atoms with Crippen LogP contribution in [-0.4, -0.2) is 22.0 Å². The summed E-state index contributed by atoms with van der Waals surface area (Å²) in [7, 11) is 0. The molecule has 0 bridgehead atoms. The van der Waals surface area contributed by atoms with Crippen molar-refractivity contribution in [2.45, 2.75) is 90.9 Å². The molecule has 0 aliphatic rings. The monoisotopic (exact) mass is 520 g/mol. The number of hydrogen-bond donors (Lipinski definition) is 0. The summed E-state index contributed by atoms with van der Waals surface area (Å²) < 4.78 is 21.3. The van der Waals surface area contributed by atoms with Gasteiger partial charge in [0.05, 0.1) is 24.9 Å². The van der Waals surface area contributed by atoms with Crippen LogP contribution in [0, 0.1) is 0 Å². The van der Waals surface area contributed by atoms with E-state index in [-0.39, 0.29) is 0 Å². The largest absolute Gasteiger partial charge is 0.494 e. The van der Waals surface area contributed by atoms with E-state index in [1.807, 2.05) is 24.3 Å². The molecule has 2 aromatic carbocycles. The van der Waals surface area contributed by atoms with E-state index in [1.165, 1.54) is 75.9 Å². The standard InChI is InChI=1S/C32H44N2O2S/c1-4-7-9-11-13-15-23-35-29-21-22-30(36-24-16-14-12-10-8-5-2)28(25-29)20-19-27-18-17-26(6-3)31-32(27)34-37-33-31/h6,17-22,25H,3-5,7-16,23-24H2,1-2H3/b20-19-. The first kappa shape index (κ1) is 28.9. The zero-order valence-corrected chi connectivity index (χ0v) is 23.7. The number of unbranched alkanes of at least 4 members (excludes halogenated alkanes) is 10. The Balaban J connectivity index is 1.67. The second-order valence-electron chi connectivity index (χ2n) is 9.68. The van der Waals surface area contributed by atoms with Crippen molar-refractivity contribution >= 4 is 41.0 Å².